The Balaban J connectivity index is 0.000000395. The van der Waals surface area contributed by atoms with E-state index in [1.807, 2.05) is 0 Å². The number of carbonyl (C=O) groups excluding carboxylic acids is 4. The van der Waals surface area contributed by atoms with E-state index < -0.39 is 23.9 Å². The summed E-state index contributed by atoms with van der Waals surface area (Å²) in [7, 11) is 9.53. The summed E-state index contributed by atoms with van der Waals surface area (Å²) >= 11 is 0. The van der Waals surface area contributed by atoms with Crippen molar-refractivity contribution in [1.29, 1.82) is 0 Å². The third-order valence-electron chi connectivity index (χ3n) is 7.05. The number of esters is 4. The van der Waals surface area contributed by atoms with Crippen LogP contribution in [0.3, 0.4) is 0 Å². The van der Waals surface area contributed by atoms with Gasteiger partial charge in [0.2, 0.25) is 5.75 Å². The highest BCUT2D eigenvalue weighted by Gasteiger charge is 2.10. The molecule has 0 unspecified atom stereocenters. The second kappa shape index (κ2) is 26.8. The van der Waals surface area contributed by atoms with Gasteiger partial charge in [0, 0.05) is 24.3 Å². The zero-order valence-electron chi connectivity index (χ0n) is 33.3. The van der Waals surface area contributed by atoms with Crippen LogP contribution in [0.15, 0.2) is 97.1 Å². The summed E-state index contributed by atoms with van der Waals surface area (Å²) in [6.45, 7) is 0. The molecule has 0 aliphatic heterocycles. The Kier molecular flexibility index (Phi) is 22.4. The lowest BCUT2D eigenvalue weighted by atomic mass is 10.1. The van der Waals surface area contributed by atoms with E-state index in [1.54, 1.807) is 66.7 Å². The fraction of sp³-hybridized carbons (Fsp3) is 0.163. The van der Waals surface area contributed by atoms with Gasteiger partial charge in [-0.25, -0.2) is 19.2 Å². The lowest BCUT2D eigenvalue weighted by Crippen LogP contribution is -1.94. The quantitative estimate of drug-likeness (QED) is 0.0502. The molecular formula is C43H46O16. The Morgan fingerprint density at radius 1 is 0.390 bits per heavy atom. The van der Waals surface area contributed by atoms with Crippen LogP contribution in [-0.2, 0) is 38.1 Å². The maximum Gasteiger partial charge on any atom is 0.330 e. The molecule has 0 aliphatic carbocycles. The first-order valence-electron chi connectivity index (χ1n) is 16.8. The number of carbonyl (C=O) groups is 4. The minimum atomic E-state index is -0.474. The van der Waals surface area contributed by atoms with E-state index in [0.29, 0.717) is 16.9 Å². The van der Waals surface area contributed by atoms with Crippen LogP contribution in [-0.4, -0.2) is 99.2 Å². The minimum absolute atomic E-state index is 0.0627. The third-order valence-corrected chi connectivity index (χ3v) is 7.05. The molecule has 0 atom stereocenters. The molecule has 0 radical (unpaired) electrons. The normalized spacial score (nSPS) is 10.3. The SMILES string of the molecule is COC(=O)/C=C/c1cc(OC)c(O)c(OC)c1.COC(=O)/C=C/c1ccc(O)c(O)c1.COC(=O)/C=C/c1ccc(O)c(OC)c1.COC(=O)/C=C/c1ccc(O)cc1. The Labute approximate surface area is 340 Å². The summed E-state index contributed by atoms with van der Waals surface area (Å²) in [4.78, 5) is 43.2. The molecule has 4 aromatic carbocycles. The van der Waals surface area contributed by atoms with Gasteiger partial charge >= 0.3 is 23.9 Å². The highest BCUT2D eigenvalue weighted by Crippen LogP contribution is 2.37. The van der Waals surface area contributed by atoms with Gasteiger partial charge < -0.3 is 58.7 Å². The van der Waals surface area contributed by atoms with Crippen molar-refractivity contribution in [1.82, 2.24) is 0 Å². The van der Waals surface area contributed by atoms with E-state index in [9.17, 15) is 29.4 Å². The number of rotatable bonds is 11. The van der Waals surface area contributed by atoms with Crippen LogP contribution in [0.1, 0.15) is 22.3 Å². The molecule has 0 aromatic heterocycles. The van der Waals surface area contributed by atoms with Crippen molar-refractivity contribution in [2.75, 3.05) is 49.8 Å². The molecule has 4 rings (SSSR count). The second-order valence-corrected chi connectivity index (χ2v) is 11.0. The van der Waals surface area contributed by atoms with Crippen LogP contribution in [0, 0.1) is 0 Å². The molecule has 0 saturated heterocycles. The van der Waals surface area contributed by atoms with Crippen molar-refractivity contribution < 1.29 is 77.9 Å². The third kappa shape index (κ3) is 19.0. The maximum atomic E-state index is 10.9. The zero-order valence-corrected chi connectivity index (χ0v) is 33.3. The van der Waals surface area contributed by atoms with Gasteiger partial charge in [0.15, 0.2) is 34.5 Å². The lowest BCUT2D eigenvalue weighted by molar-refractivity contribution is -0.135. The molecule has 0 amide bonds. The fourth-order valence-corrected chi connectivity index (χ4v) is 3.97. The molecule has 0 spiro atoms. The summed E-state index contributed by atoms with van der Waals surface area (Å²) in [5.41, 5.74) is 2.84. The van der Waals surface area contributed by atoms with Crippen LogP contribution in [0.2, 0.25) is 0 Å². The highest BCUT2D eigenvalue weighted by molar-refractivity contribution is 5.88. The van der Waals surface area contributed by atoms with E-state index in [2.05, 4.69) is 18.9 Å². The Bertz CT molecular complexity index is 2070. The van der Waals surface area contributed by atoms with E-state index >= 15 is 0 Å². The summed E-state index contributed by atoms with van der Waals surface area (Å²) in [5, 5.41) is 46.1. The van der Waals surface area contributed by atoms with Crippen molar-refractivity contribution in [3.8, 4) is 46.0 Å². The number of benzene rings is 4. The summed E-state index contributed by atoms with van der Waals surface area (Å²) in [6.07, 6.45) is 11.3. The summed E-state index contributed by atoms with van der Waals surface area (Å²) in [6, 6.07) is 18.7. The highest BCUT2D eigenvalue weighted by atomic mass is 16.5. The van der Waals surface area contributed by atoms with Gasteiger partial charge in [-0.05, 0) is 95.1 Å². The van der Waals surface area contributed by atoms with Crippen molar-refractivity contribution in [3.63, 3.8) is 0 Å². The minimum Gasteiger partial charge on any atom is -0.508 e. The second-order valence-electron chi connectivity index (χ2n) is 11.0. The van der Waals surface area contributed by atoms with Gasteiger partial charge in [0.1, 0.15) is 5.75 Å². The first-order chi connectivity index (χ1) is 28.1. The Hall–Kier alpha value is -7.88. The average Bonchev–Trinajstić information content (AvgIpc) is 3.25. The van der Waals surface area contributed by atoms with Gasteiger partial charge in [0.05, 0.1) is 49.8 Å². The predicted molar refractivity (Wildman–Crippen MR) is 218 cm³/mol. The van der Waals surface area contributed by atoms with Gasteiger partial charge in [-0.1, -0.05) is 24.3 Å². The van der Waals surface area contributed by atoms with E-state index in [4.69, 9.17) is 29.5 Å². The molecule has 0 aliphatic rings. The number of aromatic hydroxyl groups is 5. The maximum absolute atomic E-state index is 10.9. The van der Waals surface area contributed by atoms with E-state index in [1.165, 1.54) is 104 Å². The van der Waals surface area contributed by atoms with Gasteiger partial charge in [-0.15, -0.1) is 0 Å². The molecule has 4 aromatic rings. The van der Waals surface area contributed by atoms with Crippen LogP contribution < -0.4 is 14.2 Å². The number of hydrogen-bond donors (Lipinski definition) is 5. The number of ether oxygens (including phenoxy) is 7. The molecule has 0 saturated carbocycles. The zero-order chi connectivity index (χ0) is 44.3. The standard InChI is InChI=1S/C12H14O5.C11H12O4.C10H10O4.C10H10O3/c1-15-9-6-8(4-5-11(13)17-3)7-10(16-2)12(9)14;1-14-10-7-8(3-5-9(10)12)4-6-11(13)15-2;1-14-10(13)5-3-7-2-4-8(11)9(12)6-7;1-13-10(12)7-4-8-2-5-9(11)6-3-8/h4-7,14H,1-3H3;3-7,12H,1-2H3;2-6,11-12H,1H3;2-7,11H,1H3/b5-4+;6-4+;5-3+;7-4+. The summed E-state index contributed by atoms with van der Waals surface area (Å²) in [5.74, 6) is -1.08. The van der Waals surface area contributed by atoms with Crippen molar-refractivity contribution in [2.45, 2.75) is 0 Å². The lowest BCUT2D eigenvalue weighted by Gasteiger charge is -2.09. The topological polar surface area (TPSA) is 234 Å². The van der Waals surface area contributed by atoms with Gasteiger partial charge in [-0.3, -0.25) is 0 Å². The first kappa shape index (κ1) is 49.1. The van der Waals surface area contributed by atoms with Gasteiger partial charge in [0.25, 0.3) is 0 Å². The molecule has 59 heavy (non-hydrogen) atoms. The van der Waals surface area contributed by atoms with Crippen molar-refractivity contribution >= 4 is 48.2 Å². The summed E-state index contributed by atoms with van der Waals surface area (Å²) < 4.78 is 32.6. The van der Waals surface area contributed by atoms with E-state index in [0.717, 1.165) is 11.1 Å². The molecule has 0 heterocycles. The molecule has 16 nitrogen and oxygen atoms in total. The van der Waals surface area contributed by atoms with Crippen LogP contribution in [0.25, 0.3) is 24.3 Å². The smallest absolute Gasteiger partial charge is 0.330 e. The molecule has 0 bridgehead atoms. The number of phenols is 5. The molecule has 5 N–H and O–H groups in total. The number of hydrogen-bond acceptors (Lipinski definition) is 16. The van der Waals surface area contributed by atoms with E-state index in [-0.39, 0.29) is 40.2 Å². The Morgan fingerprint density at radius 3 is 1.12 bits per heavy atom. The molecule has 0 fully saturated rings. The van der Waals surface area contributed by atoms with Crippen molar-refractivity contribution in [3.05, 3.63) is 119 Å². The predicted octanol–water partition coefficient (Wildman–Crippen LogP) is 6.05. The number of methoxy groups -OCH3 is 7. The van der Waals surface area contributed by atoms with Crippen LogP contribution >= 0.6 is 0 Å². The molecule has 314 valence electrons. The number of phenolic OH excluding ortho intramolecular Hbond substituents is 5. The Morgan fingerprint density at radius 2 is 0.729 bits per heavy atom. The average molecular weight is 819 g/mol. The van der Waals surface area contributed by atoms with Crippen LogP contribution in [0.5, 0.6) is 46.0 Å². The largest absolute Gasteiger partial charge is 0.508 e. The van der Waals surface area contributed by atoms with Crippen molar-refractivity contribution in [2.24, 2.45) is 0 Å². The monoisotopic (exact) mass is 818 g/mol. The first-order valence-corrected chi connectivity index (χ1v) is 16.8. The van der Waals surface area contributed by atoms with Gasteiger partial charge in [-0.2, -0.15) is 0 Å². The molecular weight excluding hydrogens is 772 g/mol. The van der Waals surface area contributed by atoms with Crippen LogP contribution in [0.4, 0.5) is 0 Å². The fourth-order valence-electron chi connectivity index (χ4n) is 3.97. The molecule has 16 heteroatoms.